The smallest absolute Gasteiger partial charge is 0.416 e. The molecule has 166 valence electrons. The van der Waals surface area contributed by atoms with Gasteiger partial charge in [-0.1, -0.05) is 39.1 Å². The van der Waals surface area contributed by atoms with Crippen molar-refractivity contribution >= 4 is 68.3 Å². The van der Waals surface area contributed by atoms with Crippen LogP contribution in [0.25, 0.3) is 0 Å². The van der Waals surface area contributed by atoms with Gasteiger partial charge in [0.2, 0.25) is 5.91 Å². The molecule has 0 saturated carbocycles. The fourth-order valence-corrected chi connectivity index (χ4v) is 3.11. The lowest BCUT2D eigenvalue weighted by Crippen LogP contribution is -2.22. The van der Waals surface area contributed by atoms with E-state index in [1.54, 1.807) is 18.2 Å². The third-order valence-corrected chi connectivity index (χ3v) is 4.83. The summed E-state index contributed by atoms with van der Waals surface area (Å²) in [6, 6.07) is 7.25. The summed E-state index contributed by atoms with van der Waals surface area (Å²) < 4.78 is 43.8. The molecule has 0 radical (unpaired) electrons. The van der Waals surface area contributed by atoms with Crippen molar-refractivity contribution in [2.75, 3.05) is 17.2 Å². The van der Waals surface area contributed by atoms with Crippen LogP contribution in [0.4, 0.5) is 24.5 Å². The topological polar surface area (TPSA) is 84.5 Å². The van der Waals surface area contributed by atoms with E-state index < -0.39 is 42.6 Å². The number of hydrogen-bond acceptors (Lipinski definition) is 4. The van der Waals surface area contributed by atoms with E-state index in [-0.39, 0.29) is 22.2 Å². The minimum absolute atomic E-state index is 0.0906. The van der Waals surface area contributed by atoms with E-state index in [9.17, 15) is 27.6 Å². The van der Waals surface area contributed by atoms with Crippen molar-refractivity contribution in [1.82, 2.24) is 0 Å². The summed E-state index contributed by atoms with van der Waals surface area (Å²) in [4.78, 5) is 35.5. The maximum Gasteiger partial charge on any atom is 0.416 e. The number of hydrogen-bond donors (Lipinski definition) is 2. The summed E-state index contributed by atoms with van der Waals surface area (Å²) >= 11 is 15.0. The minimum atomic E-state index is -4.60. The highest BCUT2D eigenvalue weighted by Crippen LogP contribution is 2.33. The number of benzene rings is 2. The lowest BCUT2D eigenvalue weighted by Gasteiger charge is -2.11. The number of rotatable bonds is 7. The van der Waals surface area contributed by atoms with Gasteiger partial charge in [0.15, 0.2) is 6.61 Å². The summed E-state index contributed by atoms with van der Waals surface area (Å²) in [6.07, 6.45) is -5.38. The Morgan fingerprint density at radius 3 is 2.23 bits per heavy atom. The lowest BCUT2D eigenvalue weighted by molar-refractivity contribution is -0.147. The van der Waals surface area contributed by atoms with E-state index in [0.717, 1.165) is 12.1 Å². The first-order valence-corrected chi connectivity index (χ1v) is 10.1. The van der Waals surface area contributed by atoms with Crippen molar-refractivity contribution < 1.29 is 32.3 Å². The molecule has 0 fully saturated rings. The average molecular weight is 542 g/mol. The Balaban J connectivity index is 1.79. The molecule has 2 aromatic rings. The molecule has 2 amide bonds. The van der Waals surface area contributed by atoms with Gasteiger partial charge in [0.05, 0.1) is 33.4 Å². The molecule has 2 N–H and O–H groups in total. The van der Waals surface area contributed by atoms with Crippen molar-refractivity contribution in [1.29, 1.82) is 0 Å². The number of nitrogens with one attached hydrogen (secondary N) is 2. The number of anilines is 2. The molecule has 6 nitrogen and oxygen atoms in total. The van der Waals surface area contributed by atoms with Crippen LogP contribution in [0.3, 0.4) is 0 Å². The first kappa shape index (κ1) is 25.0. The molecule has 0 bridgehead atoms. The Morgan fingerprint density at radius 1 is 0.903 bits per heavy atom. The van der Waals surface area contributed by atoms with E-state index in [2.05, 4.69) is 26.6 Å². The van der Waals surface area contributed by atoms with E-state index in [4.69, 9.17) is 27.9 Å². The quantitative estimate of drug-likeness (QED) is 0.442. The van der Waals surface area contributed by atoms with Crippen molar-refractivity contribution in [2.24, 2.45) is 0 Å². The summed E-state index contributed by atoms with van der Waals surface area (Å²) in [6.45, 7) is -0.605. The maximum absolute atomic E-state index is 12.8. The van der Waals surface area contributed by atoms with Gasteiger partial charge in [0, 0.05) is 10.9 Å². The lowest BCUT2D eigenvalue weighted by atomic mass is 10.2. The molecule has 0 aliphatic rings. The molecule has 12 heteroatoms. The largest absolute Gasteiger partial charge is 0.456 e. The SMILES string of the molecule is O=C(CCC(=O)OCC(=O)Nc1ccc(Br)cc1Cl)Nc1cc(C(F)(F)F)ccc1Cl. The van der Waals surface area contributed by atoms with Gasteiger partial charge in [0.1, 0.15) is 0 Å². The molecule has 0 aromatic heterocycles. The summed E-state index contributed by atoms with van der Waals surface area (Å²) in [7, 11) is 0. The highest BCUT2D eigenvalue weighted by molar-refractivity contribution is 9.10. The van der Waals surface area contributed by atoms with E-state index >= 15 is 0 Å². The van der Waals surface area contributed by atoms with Crippen LogP contribution in [0.2, 0.25) is 10.0 Å². The van der Waals surface area contributed by atoms with Crippen LogP contribution < -0.4 is 10.6 Å². The van der Waals surface area contributed by atoms with Crippen LogP contribution in [0.5, 0.6) is 0 Å². The molecule has 0 aliphatic heterocycles. The van der Waals surface area contributed by atoms with Gasteiger partial charge < -0.3 is 15.4 Å². The Bertz CT molecular complexity index is 1000. The first-order valence-electron chi connectivity index (χ1n) is 8.53. The van der Waals surface area contributed by atoms with Crippen LogP contribution in [0.1, 0.15) is 18.4 Å². The second kappa shape index (κ2) is 10.8. The maximum atomic E-state index is 12.8. The van der Waals surface area contributed by atoms with Gasteiger partial charge in [-0.05, 0) is 36.4 Å². The summed E-state index contributed by atoms with van der Waals surface area (Å²) in [5, 5.41) is 4.86. The minimum Gasteiger partial charge on any atom is -0.456 e. The highest BCUT2D eigenvalue weighted by Gasteiger charge is 2.31. The number of esters is 1. The summed E-state index contributed by atoms with van der Waals surface area (Å²) in [5.74, 6) is -2.23. The Hall–Kier alpha value is -2.30. The normalized spacial score (nSPS) is 11.0. The molecule has 2 aromatic carbocycles. The molecular weight excluding hydrogens is 528 g/mol. The number of alkyl halides is 3. The van der Waals surface area contributed by atoms with Crippen LogP contribution >= 0.6 is 39.1 Å². The molecule has 2 rings (SSSR count). The number of halogens is 6. The second-order valence-corrected chi connectivity index (χ2v) is 7.80. The van der Waals surface area contributed by atoms with Gasteiger partial charge in [0.25, 0.3) is 5.91 Å². The highest BCUT2D eigenvalue weighted by atomic mass is 79.9. The number of amides is 2. The molecule has 0 heterocycles. The van der Waals surface area contributed by atoms with Crippen LogP contribution in [0, 0.1) is 0 Å². The van der Waals surface area contributed by atoms with Crippen molar-refractivity contribution in [3.8, 4) is 0 Å². The third-order valence-electron chi connectivity index (χ3n) is 3.69. The Kier molecular flexibility index (Phi) is 8.72. The molecule has 0 saturated heterocycles. The van der Waals surface area contributed by atoms with Crippen molar-refractivity contribution in [3.05, 3.63) is 56.5 Å². The summed E-state index contributed by atoms with van der Waals surface area (Å²) in [5.41, 5.74) is -0.896. The molecule has 0 spiro atoms. The fraction of sp³-hybridized carbons (Fsp3) is 0.211. The standard InChI is InChI=1S/C19H14BrCl2F3N2O4/c20-11-2-4-14(13(22)8-11)26-17(29)9-31-18(30)6-5-16(28)27-15-7-10(19(23,24)25)1-3-12(15)21/h1-4,7-8H,5-6,9H2,(H,26,29)(H,27,28). The molecule has 0 atom stereocenters. The molecule has 0 aliphatic carbocycles. The van der Waals surface area contributed by atoms with Gasteiger partial charge in [-0.25, -0.2) is 0 Å². The average Bonchev–Trinajstić information content (AvgIpc) is 2.67. The number of ether oxygens (including phenoxy) is 1. The van der Waals surface area contributed by atoms with Crippen molar-refractivity contribution in [3.63, 3.8) is 0 Å². The fourth-order valence-electron chi connectivity index (χ4n) is 2.22. The van der Waals surface area contributed by atoms with Crippen LogP contribution in [0.15, 0.2) is 40.9 Å². The zero-order valence-corrected chi connectivity index (χ0v) is 18.6. The zero-order chi connectivity index (χ0) is 23.2. The Morgan fingerprint density at radius 2 is 1.58 bits per heavy atom. The zero-order valence-electron chi connectivity index (χ0n) is 15.5. The van der Waals surface area contributed by atoms with E-state index in [1.165, 1.54) is 0 Å². The molecule has 31 heavy (non-hydrogen) atoms. The second-order valence-electron chi connectivity index (χ2n) is 6.07. The third kappa shape index (κ3) is 8.04. The first-order chi connectivity index (χ1) is 14.5. The van der Waals surface area contributed by atoms with E-state index in [1.807, 2.05) is 0 Å². The number of carbonyl (C=O) groups is 3. The van der Waals surface area contributed by atoms with Gasteiger partial charge in [-0.2, -0.15) is 13.2 Å². The van der Waals surface area contributed by atoms with Crippen LogP contribution in [-0.4, -0.2) is 24.4 Å². The Labute approximate surface area is 193 Å². The monoisotopic (exact) mass is 540 g/mol. The predicted molar refractivity (Wildman–Crippen MR) is 113 cm³/mol. The molecule has 0 unspecified atom stereocenters. The molecular formula is C19H14BrCl2F3N2O4. The predicted octanol–water partition coefficient (Wildman–Crippen LogP) is 5.68. The number of carbonyl (C=O) groups excluding carboxylic acids is 3. The van der Waals surface area contributed by atoms with Crippen molar-refractivity contribution in [2.45, 2.75) is 19.0 Å². The van der Waals surface area contributed by atoms with E-state index in [0.29, 0.717) is 16.2 Å². The van der Waals surface area contributed by atoms with Crippen LogP contribution in [-0.2, 0) is 25.3 Å². The van der Waals surface area contributed by atoms with Gasteiger partial charge >= 0.3 is 12.1 Å². The van der Waals surface area contributed by atoms with Gasteiger partial charge in [-0.3, -0.25) is 14.4 Å². The van der Waals surface area contributed by atoms with Gasteiger partial charge in [-0.15, -0.1) is 0 Å².